The van der Waals surface area contributed by atoms with E-state index in [9.17, 15) is 4.11 Å². The Labute approximate surface area is 526 Å². The Morgan fingerprint density at radius 2 is 1.21 bits per heavy atom. The molecule has 7 heteroatoms. The molecule has 0 aliphatic carbocycles. The van der Waals surface area contributed by atoms with E-state index in [0.717, 1.165) is 71.0 Å². The van der Waals surface area contributed by atoms with Gasteiger partial charge in [-0.15, -0.1) is 47.2 Å². The summed E-state index contributed by atoms with van der Waals surface area (Å²) in [7, 11) is -3.38. The SMILES string of the molecule is [2H]c1c([2H])c(-c2ccccc2)c(N2[CH-]N(c3[c-]c(Oc4[c-]c5c(c6c4-c4ccccc4[Si]6(c4ccccc4)c4ccccc4)c4ccccc4n5-c4cc(C([2H])([2H])[2H])c(-c5ccc(C([2H])([2H])[2H])cc5)cn4)ccc3)c3ccccc32)c(-c2cccc(C(C)(C)C)c2)c1[2H].[Pt]. The van der Waals surface area contributed by atoms with Gasteiger partial charge in [-0.1, -0.05) is 260 Å². The van der Waals surface area contributed by atoms with Crippen LogP contribution in [0.5, 0.6) is 11.5 Å². The molecule has 5 nitrogen and oxygen atoms in total. The van der Waals surface area contributed by atoms with Gasteiger partial charge in [0.2, 0.25) is 0 Å². The normalized spacial score (nSPS) is 15.0. The van der Waals surface area contributed by atoms with E-state index < -0.39 is 21.8 Å². The molecule has 2 aliphatic heterocycles. The zero-order chi connectivity index (χ0) is 64.3. The molecule has 11 aromatic carbocycles. The number of fused-ring (bicyclic) bond motifs is 8. The van der Waals surface area contributed by atoms with Crippen LogP contribution in [0.4, 0.5) is 22.7 Å². The molecule has 0 atom stereocenters. The molecular weight excluding hydrogens is 1230 g/mol. The van der Waals surface area contributed by atoms with Crippen molar-refractivity contribution in [1.82, 2.24) is 9.55 Å². The predicted molar refractivity (Wildman–Crippen MR) is 351 cm³/mol. The van der Waals surface area contributed by atoms with Crippen LogP contribution in [0.2, 0.25) is 0 Å². The number of benzene rings is 11. The topological polar surface area (TPSA) is 33.5 Å². The Morgan fingerprint density at radius 1 is 0.576 bits per heavy atom. The molecule has 0 fully saturated rings. The van der Waals surface area contributed by atoms with Crippen molar-refractivity contribution in [3.05, 3.63) is 296 Å². The fraction of sp³-hybridized carbons (Fsp3) is 0.0769. The van der Waals surface area contributed by atoms with Crippen LogP contribution in [0.3, 0.4) is 0 Å². The summed E-state index contributed by atoms with van der Waals surface area (Å²) in [5.41, 5.74) is 10.6. The summed E-state index contributed by atoms with van der Waals surface area (Å²) in [6.45, 7) is 3.49. The van der Waals surface area contributed by atoms with E-state index >= 15 is 0 Å². The third kappa shape index (κ3) is 8.89. The predicted octanol–water partition coefficient (Wildman–Crippen LogP) is 17.3. The van der Waals surface area contributed by atoms with E-state index in [1.54, 1.807) is 24.4 Å². The van der Waals surface area contributed by atoms with E-state index in [1.165, 1.54) is 17.3 Å². The van der Waals surface area contributed by atoms with Gasteiger partial charge in [-0.3, -0.25) is 0 Å². The van der Waals surface area contributed by atoms with Crippen LogP contribution in [0, 0.1) is 32.5 Å². The molecule has 15 rings (SSSR count). The third-order valence-electron chi connectivity index (χ3n) is 16.6. The van der Waals surface area contributed by atoms with Crippen molar-refractivity contribution in [3.63, 3.8) is 0 Å². The van der Waals surface area contributed by atoms with Gasteiger partial charge in [-0.25, -0.2) is 4.98 Å². The van der Waals surface area contributed by atoms with Crippen LogP contribution in [-0.4, -0.2) is 17.6 Å². The van der Waals surface area contributed by atoms with E-state index in [4.69, 9.17) is 17.9 Å². The molecule has 85 heavy (non-hydrogen) atoms. The monoisotopic (exact) mass is 1300 g/mol. The maximum absolute atomic E-state index is 9.73. The number of aromatic nitrogens is 2. The standard InChI is InChI=1S/C78H59N4OSi.Pt/c1-52-42-44-55(45-43-52)66-50-79-73(46-53(66)2)82-67-38-17-15-34-64(67)74-70(82)49-71(75-65-35-16-20-41-72(65)84(77(74)75,60-30-11-7-12-31-60)61-32-13-8-14-33-61)83-59-29-22-28-58(48-59)80-51-81(69-40-19-18-39-68(69)80)76-62(54-24-9-6-10-25-54)36-23-37-63(76)56-26-21-27-57(47-56)78(3,4)5;/h6-47,50-51H,1-5H3;/q-3;/i1D3,2D3,23D,36D,37D;. The van der Waals surface area contributed by atoms with Gasteiger partial charge in [-0.2, -0.15) is 6.07 Å². The summed E-state index contributed by atoms with van der Waals surface area (Å²) in [6.07, 6.45) is 1.57. The molecule has 2 aromatic heterocycles. The molecule has 0 bridgehead atoms. The van der Waals surface area contributed by atoms with Crippen molar-refractivity contribution in [3.8, 4) is 61.8 Å². The number of hydrogen-bond acceptors (Lipinski definition) is 4. The third-order valence-corrected chi connectivity index (χ3v) is 21.5. The average molecular weight is 1300 g/mol. The smallest absolute Gasteiger partial charge is 0.156 e. The van der Waals surface area contributed by atoms with E-state index in [-0.39, 0.29) is 55.7 Å². The summed E-state index contributed by atoms with van der Waals surface area (Å²) in [4.78, 5) is 9.21. The molecule has 0 radical (unpaired) electrons. The molecule has 414 valence electrons. The summed E-state index contributed by atoms with van der Waals surface area (Å²) in [5, 5.41) is 6.40. The van der Waals surface area contributed by atoms with Gasteiger partial charge >= 0.3 is 0 Å². The molecule has 0 spiro atoms. The van der Waals surface area contributed by atoms with Gasteiger partial charge in [0, 0.05) is 86.3 Å². The summed E-state index contributed by atoms with van der Waals surface area (Å²) in [5.74, 6) is 1.15. The summed E-state index contributed by atoms with van der Waals surface area (Å²) in [6, 6.07) is 85.1. The summed E-state index contributed by atoms with van der Waals surface area (Å²) >= 11 is 0. The summed E-state index contributed by atoms with van der Waals surface area (Å²) < 4.78 is 89.2. The number of ether oxygens (including phenoxy) is 1. The molecular formula is C78H59N4OPtSi-3. The van der Waals surface area contributed by atoms with Crippen molar-refractivity contribution in [2.24, 2.45) is 0 Å². The first-order chi connectivity index (χ1) is 44.8. The van der Waals surface area contributed by atoms with Crippen LogP contribution in [0.1, 0.15) is 49.8 Å². The van der Waals surface area contributed by atoms with Crippen LogP contribution < -0.4 is 35.3 Å². The van der Waals surface area contributed by atoms with Crippen LogP contribution in [0.25, 0.3) is 72.1 Å². The first kappa shape index (κ1) is 44.2. The van der Waals surface area contributed by atoms with Crippen molar-refractivity contribution in [2.45, 2.75) is 39.9 Å². The van der Waals surface area contributed by atoms with Crippen LogP contribution in [-0.2, 0) is 26.5 Å². The number of hydrogen-bond donors (Lipinski definition) is 0. The quantitative estimate of drug-likeness (QED) is 0.101. The zero-order valence-corrected chi connectivity index (χ0v) is 50.0. The Hall–Kier alpha value is -9.32. The number of para-hydroxylation sites is 4. The molecule has 2 aliphatic rings. The maximum Gasteiger partial charge on any atom is 0.156 e. The number of nitrogens with zero attached hydrogens (tertiary/aromatic N) is 4. The second-order valence-corrected chi connectivity index (χ2v) is 26.2. The minimum absolute atomic E-state index is 0. The van der Waals surface area contributed by atoms with Crippen molar-refractivity contribution < 1.29 is 38.1 Å². The Kier molecular flexibility index (Phi) is 11.1. The Balaban J connectivity index is 0.00000763. The zero-order valence-electron chi connectivity index (χ0n) is 55.7. The Bertz CT molecular complexity index is 5070. The number of anilines is 4. The molecule has 0 unspecified atom stereocenters. The van der Waals surface area contributed by atoms with E-state index in [2.05, 4.69) is 124 Å². The minimum Gasteiger partial charge on any atom is -0.509 e. The minimum atomic E-state index is -3.38. The second-order valence-electron chi connectivity index (χ2n) is 22.5. The molecule has 13 aromatic rings. The van der Waals surface area contributed by atoms with E-state index in [0.29, 0.717) is 56.5 Å². The van der Waals surface area contributed by atoms with Crippen molar-refractivity contribution >= 4 is 73.4 Å². The molecule has 0 saturated heterocycles. The van der Waals surface area contributed by atoms with Crippen LogP contribution >= 0.6 is 0 Å². The van der Waals surface area contributed by atoms with Gasteiger partial charge in [0.05, 0.1) is 4.11 Å². The molecule has 0 amide bonds. The first-order valence-corrected chi connectivity index (χ1v) is 30.2. The van der Waals surface area contributed by atoms with Gasteiger partial charge in [0.25, 0.3) is 0 Å². The van der Waals surface area contributed by atoms with Gasteiger partial charge in [0.1, 0.15) is 5.82 Å². The number of aryl methyl sites for hydroxylation is 2. The van der Waals surface area contributed by atoms with Crippen molar-refractivity contribution in [1.29, 1.82) is 0 Å². The number of pyridine rings is 1. The maximum atomic E-state index is 9.73. The van der Waals surface area contributed by atoms with Crippen LogP contribution in [0.15, 0.2) is 261 Å². The van der Waals surface area contributed by atoms with Gasteiger partial charge in [0.15, 0.2) is 8.07 Å². The molecule has 4 heterocycles. The van der Waals surface area contributed by atoms with Crippen molar-refractivity contribution in [2.75, 3.05) is 9.80 Å². The average Bonchev–Trinajstić information content (AvgIpc) is 1.50. The Morgan fingerprint density at radius 3 is 1.94 bits per heavy atom. The largest absolute Gasteiger partial charge is 0.509 e. The fourth-order valence-electron chi connectivity index (χ4n) is 12.8. The second kappa shape index (κ2) is 21.4. The van der Waals surface area contributed by atoms with Gasteiger partial charge in [-0.05, 0) is 87.0 Å². The fourth-order valence-corrected chi connectivity index (χ4v) is 18.1. The van der Waals surface area contributed by atoms with Gasteiger partial charge < -0.3 is 19.1 Å². The number of rotatable bonds is 10. The molecule has 0 N–H and O–H groups in total. The van der Waals surface area contributed by atoms with E-state index in [1.807, 2.05) is 136 Å². The first-order valence-electron chi connectivity index (χ1n) is 32.7. The molecule has 0 saturated carbocycles.